The van der Waals surface area contributed by atoms with Crippen LogP contribution in [0.15, 0.2) is 53.7 Å². The van der Waals surface area contributed by atoms with Crippen molar-refractivity contribution in [2.75, 3.05) is 17.3 Å². The van der Waals surface area contributed by atoms with Crippen LogP contribution in [0.25, 0.3) is 11.4 Å². The molecule has 0 radical (unpaired) electrons. The van der Waals surface area contributed by atoms with Gasteiger partial charge in [-0.15, -0.1) is 10.2 Å². The Kier molecular flexibility index (Phi) is 6.58. The van der Waals surface area contributed by atoms with E-state index < -0.39 is 0 Å². The summed E-state index contributed by atoms with van der Waals surface area (Å²) >= 11 is 6.01. The quantitative estimate of drug-likeness (QED) is 0.147. The van der Waals surface area contributed by atoms with Gasteiger partial charge in [-0.25, -0.2) is 4.98 Å². The molecule has 0 saturated heterocycles. The van der Waals surface area contributed by atoms with Crippen molar-refractivity contribution in [2.45, 2.75) is 5.16 Å². The minimum Gasteiger partial charge on any atom is -0.439 e. The van der Waals surface area contributed by atoms with Gasteiger partial charge >= 0.3 is 0 Å². The number of benzene rings is 2. The van der Waals surface area contributed by atoms with E-state index >= 15 is 0 Å². The molecule has 4 rings (SSSR count). The molecule has 11 heteroatoms. The molecule has 2 aromatic heterocycles. The second-order valence-electron chi connectivity index (χ2n) is 6.02. The first-order chi connectivity index (χ1) is 14.5. The lowest BCUT2D eigenvalue weighted by atomic mass is 10.2. The number of nitrogens with one attached hydrogen (secondary N) is 2. The van der Waals surface area contributed by atoms with E-state index in [2.05, 4.69) is 81.7 Å². The van der Waals surface area contributed by atoms with Gasteiger partial charge < -0.3 is 20.8 Å². The van der Waals surface area contributed by atoms with Gasteiger partial charge in [0.2, 0.25) is 11.8 Å². The molecule has 4 N–H and O–H groups in total. The minimum absolute atomic E-state index is 0.366. The van der Waals surface area contributed by atoms with Crippen molar-refractivity contribution in [3.63, 3.8) is 0 Å². The van der Waals surface area contributed by atoms with Crippen LogP contribution in [0.1, 0.15) is 0 Å². The molecule has 0 bridgehead atoms. The fourth-order valence-corrected chi connectivity index (χ4v) is 3.75. The van der Waals surface area contributed by atoms with Crippen LogP contribution in [0.4, 0.5) is 17.5 Å². The van der Waals surface area contributed by atoms with E-state index in [4.69, 9.17) is 10.5 Å². The number of hydrogen-bond donors (Lipinski definition) is 3. The summed E-state index contributed by atoms with van der Waals surface area (Å²) in [5.74, 6) is 2.63. The molecule has 4 aromatic rings. The maximum atomic E-state index is 5.79. The highest BCUT2D eigenvalue weighted by Gasteiger charge is 2.08. The lowest BCUT2D eigenvalue weighted by molar-refractivity contribution is 0.456. The summed E-state index contributed by atoms with van der Waals surface area (Å²) in [4.78, 5) is 11.6. The highest BCUT2D eigenvalue weighted by Crippen LogP contribution is 2.26. The monoisotopic (exact) mass is 643 g/mol. The Labute approximate surface area is 204 Å². The van der Waals surface area contributed by atoms with Crippen LogP contribution >= 0.6 is 56.9 Å². The van der Waals surface area contributed by atoms with Gasteiger partial charge in [-0.1, -0.05) is 11.8 Å². The normalized spacial score (nSPS) is 10.8. The predicted octanol–water partition coefficient (Wildman–Crippen LogP) is 5.31. The van der Waals surface area contributed by atoms with Crippen molar-refractivity contribution in [1.82, 2.24) is 25.1 Å². The molecule has 0 amide bonds. The van der Waals surface area contributed by atoms with Gasteiger partial charge in [0.25, 0.3) is 0 Å². The van der Waals surface area contributed by atoms with Crippen LogP contribution in [0.5, 0.6) is 11.6 Å². The number of aromatic nitrogens is 5. The standard InChI is InChI=1S/C19H15I2N7OS/c1-30-19-24-15(22)9-16(25-19)29-12-5-2-10(3-6-12)17-26-18(28-27-17)23-11-4-7-13(20)14(21)8-11/h2-9H,1H3,(H2,22,24,25)(H2,23,26,27,28). The highest BCUT2D eigenvalue weighted by molar-refractivity contribution is 14.1. The van der Waals surface area contributed by atoms with Crippen molar-refractivity contribution in [2.24, 2.45) is 0 Å². The summed E-state index contributed by atoms with van der Waals surface area (Å²) < 4.78 is 8.17. The van der Waals surface area contributed by atoms with Crippen molar-refractivity contribution < 1.29 is 4.74 Å². The summed E-state index contributed by atoms with van der Waals surface area (Å²) in [5, 5.41) is 12.2. The summed E-state index contributed by atoms with van der Waals surface area (Å²) in [7, 11) is 0. The van der Waals surface area contributed by atoms with E-state index in [1.807, 2.05) is 42.7 Å². The second-order valence-corrected chi connectivity index (χ2v) is 9.12. The Hall–Kier alpha value is -2.13. The fourth-order valence-electron chi connectivity index (χ4n) is 2.52. The third-order valence-electron chi connectivity index (χ3n) is 3.90. The van der Waals surface area contributed by atoms with Crippen molar-refractivity contribution in [1.29, 1.82) is 0 Å². The number of halogens is 2. The third-order valence-corrected chi connectivity index (χ3v) is 7.32. The molecule has 2 heterocycles. The van der Waals surface area contributed by atoms with Gasteiger partial charge in [0.1, 0.15) is 11.6 Å². The summed E-state index contributed by atoms with van der Waals surface area (Å²) in [6.07, 6.45) is 1.88. The lowest BCUT2D eigenvalue weighted by Crippen LogP contribution is -1.97. The zero-order chi connectivity index (χ0) is 21.1. The lowest BCUT2D eigenvalue weighted by Gasteiger charge is -2.07. The largest absolute Gasteiger partial charge is 0.439 e. The number of anilines is 3. The van der Waals surface area contributed by atoms with Crippen LogP contribution in [-0.4, -0.2) is 31.4 Å². The molecule has 0 saturated carbocycles. The molecule has 0 aliphatic rings. The molecule has 0 unspecified atom stereocenters. The van der Waals surface area contributed by atoms with Crippen LogP contribution in [0, 0.1) is 7.14 Å². The van der Waals surface area contributed by atoms with Gasteiger partial charge in [0.05, 0.1) is 0 Å². The summed E-state index contributed by atoms with van der Waals surface area (Å²) in [6.45, 7) is 0. The number of H-pyrrole nitrogens is 1. The molecule has 0 aliphatic carbocycles. The summed E-state index contributed by atoms with van der Waals surface area (Å²) in [6, 6.07) is 15.2. The Morgan fingerprint density at radius 2 is 1.80 bits per heavy atom. The van der Waals surface area contributed by atoms with Crippen molar-refractivity contribution >= 4 is 74.4 Å². The number of ether oxygens (including phenoxy) is 1. The Morgan fingerprint density at radius 1 is 1.00 bits per heavy atom. The number of nitrogens with two attached hydrogens (primary N) is 1. The third kappa shape index (κ3) is 5.13. The van der Waals surface area contributed by atoms with Gasteiger partial charge in [-0.2, -0.15) is 4.98 Å². The molecular weight excluding hydrogens is 628 g/mol. The molecular formula is C19H15I2N7OS. The molecule has 8 nitrogen and oxygen atoms in total. The first-order valence-corrected chi connectivity index (χ1v) is 12.0. The Morgan fingerprint density at radius 3 is 2.53 bits per heavy atom. The van der Waals surface area contributed by atoms with E-state index in [-0.39, 0.29) is 0 Å². The van der Waals surface area contributed by atoms with Crippen LogP contribution < -0.4 is 15.8 Å². The van der Waals surface area contributed by atoms with Gasteiger partial charge in [-0.3, -0.25) is 0 Å². The molecule has 2 aromatic carbocycles. The number of nitrogens with zero attached hydrogens (tertiary/aromatic N) is 4. The maximum absolute atomic E-state index is 5.79. The number of thioether (sulfide) groups is 1. The predicted molar refractivity (Wildman–Crippen MR) is 135 cm³/mol. The molecule has 0 atom stereocenters. The second kappa shape index (κ2) is 9.34. The van der Waals surface area contributed by atoms with E-state index in [9.17, 15) is 0 Å². The van der Waals surface area contributed by atoms with E-state index in [0.717, 1.165) is 11.3 Å². The molecule has 152 valence electrons. The average molecular weight is 643 g/mol. The number of rotatable bonds is 6. The maximum Gasteiger partial charge on any atom is 0.226 e. The van der Waals surface area contributed by atoms with Crippen molar-refractivity contribution in [3.05, 3.63) is 55.7 Å². The molecule has 0 fully saturated rings. The van der Waals surface area contributed by atoms with E-state index in [0.29, 0.717) is 34.4 Å². The number of hydrogen-bond acceptors (Lipinski definition) is 8. The van der Waals surface area contributed by atoms with Gasteiger partial charge in [0, 0.05) is 24.5 Å². The minimum atomic E-state index is 0.366. The number of aromatic amines is 1. The zero-order valence-corrected chi connectivity index (χ0v) is 20.7. The van der Waals surface area contributed by atoms with Gasteiger partial charge in [0.15, 0.2) is 11.0 Å². The fraction of sp³-hybridized carbons (Fsp3) is 0.0526. The van der Waals surface area contributed by atoms with Crippen molar-refractivity contribution in [3.8, 4) is 23.0 Å². The van der Waals surface area contributed by atoms with Gasteiger partial charge in [-0.05, 0) is 93.9 Å². The number of nitrogen functional groups attached to an aromatic ring is 1. The van der Waals surface area contributed by atoms with Crippen LogP contribution in [0.3, 0.4) is 0 Å². The van der Waals surface area contributed by atoms with E-state index in [1.165, 1.54) is 18.9 Å². The van der Waals surface area contributed by atoms with Crippen LogP contribution in [-0.2, 0) is 0 Å². The zero-order valence-electron chi connectivity index (χ0n) is 15.6. The molecule has 0 spiro atoms. The summed E-state index contributed by atoms with van der Waals surface area (Å²) in [5.41, 5.74) is 7.62. The average Bonchev–Trinajstić information content (AvgIpc) is 3.19. The molecule has 30 heavy (non-hydrogen) atoms. The van der Waals surface area contributed by atoms with E-state index in [1.54, 1.807) is 6.07 Å². The Bertz CT molecular complexity index is 1180. The SMILES string of the molecule is CSc1nc(N)cc(Oc2ccc(-c3nnc(Nc4ccc(I)c(I)c4)[nH]3)cc2)n1. The highest BCUT2D eigenvalue weighted by atomic mass is 127. The first-order valence-electron chi connectivity index (χ1n) is 8.62. The smallest absolute Gasteiger partial charge is 0.226 e. The first kappa shape index (κ1) is 21.1. The van der Waals surface area contributed by atoms with Crippen LogP contribution in [0.2, 0.25) is 0 Å². The molecule has 0 aliphatic heterocycles. The topological polar surface area (TPSA) is 115 Å². The Balaban J connectivity index is 1.47.